The van der Waals surface area contributed by atoms with Crippen molar-refractivity contribution in [1.82, 2.24) is 0 Å². The quantitative estimate of drug-likeness (QED) is 0.720. The third kappa shape index (κ3) is 3.48. The summed E-state index contributed by atoms with van der Waals surface area (Å²) in [7, 11) is 0. The second-order valence-electron chi connectivity index (χ2n) is 3.92. The van der Waals surface area contributed by atoms with Crippen LogP contribution in [0.25, 0.3) is 0 Å². The van der Waals surface area contributed by atoms with E-state index < -0.39 is 6.29 Å². The molecule has 0 saturated heterocycles. The van der Waals surface area contributed by atoms with Crippen molar-refractivity contribution in [2.45, 2.75) is 38.9 Å². The van der Waals surface area contributed by atoms with Gasteiger partial charge in [-0.3, -0.25) is 0 Å². The third-order valence-electron chi connectivity index (χ3n) is 2.34. The van der Waals surface area contributed by atoms with Gasteiger partial charge in [-0.25, -0.2) is 0 Å². The van der Waals surface area contributed by atoms with Gasteiger partial charge in [-0.15, -0.1) is 0 Å². The lowest BCUT2D eigenvalue weighted by Crippen LogP contribution is -2.05. The Morgan fingerprint density at radius 1 is 1.07 bits per heavy atom. The zero-order chi connectivity index (χ0) is 10.6. The van der Waals surface area contributed by atoms with Crippen molar-refractivity contribution < 1.29 is 10.2 Å². The van der Waals surface area contributed by atoms with E-state index in [1.165, 1.54) is 5.56 Å². The van der Waals surface area contributed by atoms with Gasteiger partial charge < -0.3 is 10.2 Å². The molecule has 0 bridgehead atoms. The summed E-state index contributed by atoms with van der Waals surface area (Å²) in [5.74, 6) is 0.549. The molecule has 14 heavy (non-hydrogen) atoms. The van der Waals surface area contributed by atoms with Gasteiger partial charge in [0.2, 0.25) is 0 Å². The number of hydrogen-bond donors (Lipinski definition) is 2. The van der Waals surface area contributed by atoms with E-state index in [9.17, 15) is 0 Å². The lowest BCUT2D eigenvalue weighted by atomic mass is 10.0. The highest BCUT2D eigenvalue weighted by Gasteiger charge is 2.01. The molecule has 0 amide bonds. The second kappa shape index (κ2) is 5.13. The predicted octanol–water partition coefficient (Wildman–Crippen LogP) is 2.05. The van der Waals surface area contributed by atoms with E-state index >= 15 is 0 Å². The molecule has 1 rings (SSSR count). The molecule has 0 unspecified atom stereocenters. The third-order valence-corrected chi connectivity index (χ3v) is 2.34. The molecule has 0 aliphatic rings. The molecule has 0 aliphatic carbocycles. The van der Waals surface area contributed by atoms with Gasteiger partial charge in [0.1, 0.15) is 0 Å². The van der Waals surface area contributed by atoms with Gasteiger partial charge in [0, 0.05) is 6.42 Å². The van der Waals surface area contributed by atoms with Crippen LogP contribution in [0.15, 0.2) is 24.3 Å². The fourth-order valence-corrected chi connectivity index (χ4v) is 1.36. The molecule has 0 aliphatic heterocycles. The molecule has 0 heterocycles. The van der Waals surface area contributed by atoms with Crippen molar-refractivity contribution in [3.63, 3.8) is 0 Å². The standard InChI is InChI=1S/C12H18O2/c1-9(2)11-6-3-10(4-7-11)5-8-12(13)14/h3-4,6-7,9,12-14H,5,8H2,1-2H3. The van der Waals surface area contributed by atoms with Crippen LogP contribution in [0.1, 0.15) is 37.3 Å². The number of benzene rings is 1. The van der Waals surface area contributed by atoms with E-state index in [4.69, 9.17) is 10.2 Å². The average molecular weight is 194 g/mol. The van der Waals surface area contributed by atoms with E-state index in [1.54, 1.807) is 0 Å². The van der Waals surface area contributed by atoms with E-state index in [0.717, 1.165) is 12.0 Å². The van der Waals surface area contributed by atoms with E-state index in [2.05, 4.69) is 38.1 Å². The van der Waals surface area contributed by atoms with Crippen molar-refractivity contribution in [2.24, 2.45) is 0 Å². The van der Waals surface area contributed by atoms with Crippen LogP contribution < -0.4 is 0 Å². The highest BCUT2D eigenvalue weighted by atomic mass is 16.5. The minimum absolute atomic E-state index is 0.404. The number of aryl methyl sites for hydroxylation is 1. The molecule has 0 atom stereocenters. The van der Waals surface area contributed by atoms with Crippen molar-refractivity contribution in [1.29, 1.82) is 0 Å². The van der Waals surface area contributed by atoms with Crippen LogP contribution in [-0.2, 0) is 6.42 Å². The molecule has 0 fully saturated rings. The first-order valence-corrected chi connectivity index (χ1v) is 5.04. The lowest BCUT2D eigenvalue weighted by molar-refractivity contribution is -0.0446. The maximum atomic E-state index is 8.71. The molecular formula is C12H18O2. The van der Waals surface area contributed by atoms with Gasteiger partial charge in [0.25, 0.3) is 0 Å². The highest BCUT2D eigenvalue weighted by molar-refractivity contribution is 5.24. The number of rotatable bonds is 4. The van der Waals surface area contributed by atoms with E-state index in [0.29, 0.717) is 12.3 Å². The fraction of sp³-hybridized carbons (Fsp3) is 0.500. The van der Waals surface area contributed by atoms with Crippen LogP contribution in [0.4, 0.5) is 0 Å². The van der Waals surface area contributed by atoms with Crippen molar-refractivity contribution in [3.05, 3.63) is 35.4 Å². The summed E-state index contributed by atoms with van der Waals surface area (Å²) in [5.41, 5.74) is 2.47. The number of aliphatic hydroxyl groups is 2. The van der Waals surface area contributed by atoms with Gasteiger partial charge in [0.15, 0.2) is 6.29 Å². The Labute approximate surface area is 85.2 Å². The SMILES string of the molecule is CC(C)c1ccc(CCC(O)O)cc1. The van der Waals surface area contributed by atoms with Crippen LogP contribution in [-0.4, -0.2) is 16.5 Å². The first-order valence-electron chi connectivity index (χ1n) is 5.04. The molecule has 0 aromatic heterocycles. The first kappa shape index (κ1) is 11.2. The summed E-state index contributed by atoms with van der Waals surface area (Å²) in [6.45, 7) is 4.32. The minimum Gasteiger partial charge on any atom is -0.368 e. The molecule has 0 saturated carbocycles. The molecular weight excluding hydrogens is 176 g/mol. The summed E-state index contributed by atoms with van der Waals surface area (Å²) in [4.78, 5) is 0. The Balaban J connectivity index is 2.55. The summed E-state index contributed by atoms with van der Waals surface area (Å²) >= 11 is 0. The maximum absolute atomic E-state index is 8.71. The summed E-state index contributed by atoms with van der Waals surface area (Å²) < 4.78 is 0. The lowest BCUT2D eigenvalue weighted by Gasteiger charge is -2.07. The van der Waals surface area contributed by atoms with Gasteiger partial charge in [-0.05, 0) is 23.5 Å². The molecule has 78 valence electrons. The minimum atomic E-state index is -1.19. The smallest absolute Gasteiger partial charge is 0.151 e. The van der Waals surface area contributed by atoms with Gasteiger partial charge >= 0.3 is 0 Å². The normalized spacial score (nSPS) is 11.3. The van der Waals surface area contributed by atoms with Gasteiger partial charge in [0.05, 0.1) is 0 Å². The molecule has 2 heteroatoms. The Hall–Kier alpha value is -0.860. The van der Waals surface area contributed by atoms with Crippen LogP contribution in [0, 0.1) is 0 Å². The Bertz CT molecular complexity index is 262. The molecule has 1 aromatic rings. The first-order chi connectivity index (χ1) is 6.59. The highest BCUT2D eigenvalue weighted by Crippen LogP contribution is 2.15. The molecule has 0 spiro atoms. The Morgan fingerprint density at radius 3 is 2.07 bits per heavy atom. The molecule has 0 radical (unpaired) electrons. The average Bonchev–Trinajstić information content (AvgIpc) is 2.15. The van der Waals surface area contributed by atoms with Crippen molar-refractivity contribution >= 4 is 0 Å². The fourth-order valence-electron chi connectivity index (χ4n) is 1.36. The van der Waals surface area contributed by atoms with E-state index in [-0.39, 0.29) is 0 Å². The van der Waals surface area contributed by atoms with Crippen molar-refractivity contribution in [2.75, 3.05) is 0 Å². The summed E-state index contributed by atoms with van der Waals surface area (Å²) in [6, 6.07) is 8.31. The summed E-state index contributed by atoms with van der Waals surface area (Å²) in [6.07, 6.45) is -0.0726. The number of hydrogen-bond acceptors (Lipinski definition) is 2. The maximum Gasteiger partial charge on any atom is 0.151 e. The zero-order valence-electron chi connectivity index (χ0n) is 8.77. The van der Waals surface area contributed by atoms with Crippen LogP contribution in [0.3, 0.4) is 0 Å². The van der Waals surface area contributed by atoms with E-state index in [1.807, 2.05) is 0 Å². The number of aliphatic hydroxyl groups excluding tert-OH is 1. The monoisotopic (exact) mass is 194 g/mol. The topological polar surface area (TPSA) is 40.5 Å². The zero-order valence-corrected chi connectivity index (χ0v) is 8.77. The molecule has 2 nitrogen and oxygen atoms in total. The Kier molecular flexibility index (Phi) is 4.11. The van der Waals surface area contributed by atoms with Crippen LogP contribution >= 0.6 is 0 Å². The predicted molar refractivity (Wildman–Crippen MR) is 57.1 cm³/mol. The van der Waals surface area contributed by atoms with Crippen LogP contribution in [0.5, 0.6) is 0 Å². The molecule has 1 aromatic carbocycles. The Morgan fingerprint density at radius 2 is 1.64 bits per heavy atom. The summed E-state index contributed by atoms with van der Waals surface area (Å²) in [5, 5.41) is 17.4. The molecule has 2 N–H and O–H groups in total. The van der Waals surface area contributed by atoms with Gasteiger partial charge in [-0.1, -0.05) is 38.1 Å². The largest absolute Gasteiger partial charge is 0.368 e. The van der Waals surface area contributed by atoms with Crippen LogP contribution in [0.2, 0.25) is 0 Å². The second-order valence-corrected chi connectivity index (χ2v) is 3.92. The van der Waals surface area contributed by atoms with Crippen molar-refractivity contribution in [3.8, 4) is 0 Å². The van der Waals surface area contributed by atoms with Gasteiger partial charge in [-0.2, -0.15) is 0 Å².